The van der Waals surface area contributed by atoms with Crippen molar-refractivity contribution < 1.29 is 28.5 Å². The maximum Gasteiger partial charge on any atom is 0.254 e. The van der Waals surface area contributed by atoms with Crippen LogP contribution in [-0.2, 0) is 24.5 Å². The van der Waals surface area contributed by atoms with E-state index in [1.807, 2.05) is 12.1 Å². The largest absolute Gasteiger partial charge is 0.493 e. The molecule has 0 spiro atoms. The molecule has 36 heavy (non-hydrogen) atoms. The molecule has 0 atom stereocenters. The number of methoxy groups -OCH3 is 1. The SMILES string of the molecule is COc1ccc(CN(CCN2CCOCC2)C(=O)c2cccc(F)c2)cc1OCc1nc(CO)cs1. The molecule has 10 heteroatoms. The molecule has 1 aliphatic rings. The number of carbonyl (C=O) groups excluding carboxylic acids is 1. The summed E-state index contributed by atoms with van der Waals surface area (Å²) in [4.78, 5) is 21.6. The molecule has 4 rings (SSSR count). The minimum absolute atomic E-state index is 0.116. The molecular formula is C26H30FN3O5S. The van der Waals surface area contributed by atoms with E-state index in [1.54, 1.807) is 35.6 Å². The van der Waals surface area contributed by atoms with Crippen LogP contribution in [0.4, 0.5) is 4.39 Å². The summed E-state index contributed by atoms with van der Waals surface area (Å²) in [5, 5.41) is 11.8. The number of aromatic nitrogens is 1. The number of hydrogen-bond acceptors (Lipinski definition) is 8. The second-order valence-electron chi connectivity index (χ2n) is 8.36. The fourth-order valence-corrected chi connectivity index (χ4v) is 4.62. The second kappa shape index (κ2) is 12.8. The van der Waals surface area contributed by atoms with Crippen LogP contribution in [0.5, 0.6) is 11.5 Å². The molecule has 1 amide bonds. The Hall–Kier alpha value is -3.05. The average Bonchev–Trinajstić information content (AvgIpc) is 3.38. The predicted molar refractivity (Wildman–Crippen MR) is 134 cm³/mol. The molecule has 192 valence electrons. The Bertz CT molecular complexity index is 1150. The van der Waals surface area contributed by atoms with E-state index in [9.17, 15) is 14.3 Å². The highest BCUT2D eigenvalue weighted by atomic mass is 32.1. The molecule has 8 nitrogen and oxygen atoms in total. The van der Waals surface area contributed by atoms with E-state index in [0.29, 0.717) is 55.6 Å². The van der Waals surface area contributed by atoms with Crippen molar-refractivity contribution in [2.24, 2.45) is 0 Å². The van der Waals surface area contributed by atoms with Gasteiger partial charge in [-0.2, -0.15) is 0 Å². The quantitative estimate of drug-likeness (QED) is 0.419. The number of aliphatic hydroxyl groups excluding tert-OH is 1. The molecular weight excluding hydrogens is 485 g/mol. The van der Waals surface area contributed by atoms with Gasteiger partial charge in [0.15, 0.2) is 11.5 Å². The Labute approximate surface area is 213 Å². The molecule has 1 aromatic heterocycles. The van der Waals surface area contributed by atoms with Gasteiger partial charge in [-0.15, -0.1) is 11.3 Å². The van der Waals surface area contributed by atoms with Crippen molar-refractivity contribution in [1.29, 1.82) is 0 Å². The number of amides is 1. The lowest BCUT2D eigenvalue weighted by Crippen LogP contribution is -2.42. The van der Waals surface area contributed by atoms with Crippen LogP contribution in [-0.4, -0.2) is 72.3 Å². The van der Waals surface area contributed by atoms with Crippen LogP contribution in [0.15, 0.2) is 47.8 Å². The lowest BCUT2D eigenvalue weighted by Gasteiger charge is -2.30. The summed E-state index contributed by atoms with van der Waals surface area (Å²) < 4.78 is 30.7. The number of rotatable bonds is 11. The van der Waals surface area contributed by atoms with Gasteiger partial charge in [0.1, 0.15) is 17.4 Å². The number of morpholine rings is 1. The van der Waals surface area contributed by atoms with Gasteiger partial charge in [-0.25, -0.2) is 9.37 Å². The zero-order valence-electron chi connectivity index (χ0n) is 20.2. The van der Waals surface area contributed by atoms with E-state index in [1.165, 1.54) is 23.5 Å². The first-order valence-corrected chi connectivity index (χ1v) is 12.6. The summed E-state index contributed by atoms with van der Waals surface area (Å²) >= 11 is 1.41. The number of thiazole rings is 1. The molecule has 1 fully saturated rings. The lowest BCUT2D eigenvalue weighted by molar-refractivity contribution is 0.0320. The van der Waals surface area contributed by atoms with Gasteiger partial charge < -0.3 is 24.2 Å². The van der Waals surface area contributed by atoms with Crippen molar-refractivity contribution in [3.05, 3.63) is 75.5 Å². The molecule has 1 saturated heterocycles. The maximum absolute atomic E-state index is 13.8. The third-order valence-electron chi connectivity index (χ3n) is 5.86. The summed E-state index contributed by atoms with van der Waals surface area (Å²) in [6, 6.07) is 11.3. The summed E-state index contributed by atoms with van der Waals surface area (Å²) in [5.74, 6) is 0.414. The maximum atomic E-state index is 13.8. The first-order chi connectivity index (χ1) is 17.6. The number of nitrogens with zero attached hydrogens (tertiary/aromatic N) is 3. The van der Waals surface area contributed by atoms with E-state index in [0.717, 1.165) is 23.7 Å². The Morgan fingerprint density at radius 2 is 2.06 bits per heavy atom. The smallest absolute Gasteiger partial charge is 0.254 e. The van der Waals surface area contributed by atoms with Gasteiger partial charge in [0.25, 0.3) is 5.91 Å². The summed E-state index contributed by atoms with van der Waals surface area (Å²) in [7, 11) is 1.57. The summed E-state index contributed by atoms with van der Waals surface area (Å²) in [5.41, 5.74) is 1.77. The first kappa shape index (κ1) is 26.0. The third-order valence-corrected chi connectivity index (χ3v) is 6.73. The van der Waals surface area contributed by atoms with E-state index in [-0.39, 0.29) is 19.1 Å². The van der Waals surface area contributed by atoms with Crippen LogP contribution in [0.1, 0.15) is 26.6 Å². The van der Waals surface area contributed by atoms with Crippen LogP contribution >= 0.6 is 11.3 Å². The molecule has 0 unspecified atom stereocenters. The molecule has 0 saturated carbocycles. The predicted octanol–water partition coefficient (Wildman–Crippen LogP) is 3.34. The molecule has 0 radical (unpaired) electrons. The molecule has 2 heterocycles. The summed E-state index contributed by atoms with van der Waals surface area (Å²) in [6.07, 6.45) is 0. The van der Waals surface area contributed by atoms with Crippen molar-refractivity contribution in [2.45, 2.75) is 19.8 Å². The minimum atomic E-state index is -0.444. The highest BCUT2D eigenvalue weighted by molar-refractivity contribution is 7.09. The lowest BCUT2D eigenvalue weighted by atomic mass is 10.1. The molecule has 3 aromatic rings. The Morgan fingerprint density at radius 1 is 1.22 bits per heavy atom. The molecule has 0 bridgehead atoms. The van der Waals surface area contributed by atoms with Gasteiger partial charge in [0.2, 0.25) is 0 Å². The van der Waals surface area contributed by atoms with Gasteiger partial charge in [0, 0.05) is 43.7 Å². The van der Waals surface area contributed by atoms with Crippen molar-refractivity contribution in [2.75, 3.05) is 46.5 Å². The van der Waals surface area contributed by atoms with Crippen molar-refractivity contribution in [3.63, 3.8) is 0 Å². The standard InChI is InChI=1S/C26H30FN3O5S/c1-33-23-6-5-19(13-24(23)35-17-25-28-22(16-31)18-36-25)15-30(8-7-29-9-11-34-12-10-29)26(32)20-3-2-4-21(27)14-20/h2-6,13-14,18,31H,7-12,15-17H2,1H3. The van der Waals surface area contributed by atoms with Gasteiger partial charge >= 0.3 is 0 Å². The zero-order valence-corrected chi connectivity index (χ0v) is 21.0. The van der Waals surface area contributed by atoms with Crippen LogP contribution in [0.3, 0.4) is 0 Å². The Kier molecular flexibility index (Phi) is 9.23. The Balaban J connectivity index is 1.50. The number of carbonyl (C=O) groups is 1. The molecule has 1 N–H and O–H groups in total. The van der Waals surface area contributed by atoms with Crippen LogP contribution < -0.4 is 9.47 Å². The van der Waals surface area contributed by atoms with Gasteiger partial charge in [-0.1, -0.05) is 12.1 Å². The second-order valence-corrected chi connectivity index (χ2v) is 9.30. The van der Waals surface area contributed by atoms with E-state index >= 15 is 0 Å². The van der Waals surface area contributed by atoms with Crippen molar-refractivity contribution in [1.82, 2.24) is 14.8 Å². The van der Waals surface area contributed by atoms with Crippen LogP contribution in [0.25, 0.3) is 0 Å². The normalized spacial score (nSPS) is 14.0. The number of hydrogen-bond donors (Lipinski definition) is 1. The van der Waals surface area contributed by atoms with E-state index < -0.39 is 5.82 Å². The van der Waals surface area contributed by atoms with Crippen molar-refractivity contribution in [3.8, 4) is 11.5 Å². The first-order valence-electron chi connectivity index (χ1n) is 11.7. The Morgan fingerprint density at radius 3 is 2.78 bits per heavy atom. The topological polar surface area (TPSA) is 84.4 Å². The fourth-order valence-electron chi connectivity index (χ4n) is 3.92. The minimum Gasteiger partial charge on any atom is -0.493 e. The molecule has 2 aromatic carbocycles. The monoisotopic (exact) mass is 515 g/mol. The molecule has 0 aliphatic carbocycles. The van der Waals surface area contributed by atoms with Crippen molar-refractivity contribution >= 4 is 17.2 Å². The highest BCUT2D eigenvalue weighted by Crippen LogP contribution is 2.30. The number of benzene rings is 2. The van der Waals surface area contributed by atoms with Gasteiger partial charge in [0.05, 0.1) is 32.6 Å². The van der Waals surface area contributed by atoms with Gasteiger partial charge in [-0.3, -0.25) is 9.69 Å². The van der Waals surface area contributed by atoms with E-state index in [2.05, 4.69) is 9.88 Å². The number of ether oxygens (including phenoxy) is 3. The summed E-state index contributed by atoms with van der Waals surface area (Å²) in [6.45, 7) is 4.61. The highest BCUT2D eigenvalue weighted by Gasteiger charge is 2.20. The third kappa shape index (κ3) is 7.01. The average molecular weight is 516 g/mol. The van der Waals surface area contributed by atoms with Crippen LogP contribution in [0, 0.1) is 5.82 Å². The number of halogens is 1. The van der Waals surface area contributed by atoms with E-state index in [4.69, 9.17) is 14.2 Å². The van der Waals surface area contributed by atoms with Crippen LogP contribution in [0.2, 0.25) is 0 Å². The fraction of sp³-hybridized carbons (Fsp3) is 0.385. The van der Waals surface area contributed by atoms with Gasteiger partial charge in [-0.05, 0) is 35.9 Å². The number of aliphatic hydroxyl groups is 1. The zero-order chi connectivity index (χ0) is 25.3. The molecule has 1 aliphatic heterocycles.